The summed E-state index contributed by atoms with van der Waals surface area (Å²) in [7, 11) is 3.85. The fourth-order valence-electron chi connectivity index (χ4n) is 8.59. The van der Waals surface area contributed by atoms with Crippen molar-refractivity contribution < 1.29 is 48.0 Å². The van der Waals surface area contributed by atoms with Crippen LogP contribution in [0.25, 0.3) is 0 Å². The van der Waals surface area contributed by atoms with Gasteiger partial charge in [0.2, 0.25) is 0 Å². The van der Waals surface area contributed by atoms with Gasteiger partial charge in [0.05, 0.1) is 49.1 Å². The molecule has 4 fully saturated rings. The maximum absolute atomic E-state index is 14.1. The molecule has 0 saturated carbocycles. The summed E-state index contributed by atoms with van der Waals surface area (Å²) in [5.41, 5.74) is -1.96. The van der Waals surface area contributed by atoms with Crippen molar-refractivity contribution in [1.82, 2.24) is 4.90 Å². The molecule has 3 unspecified atom stereocenters. The Labute approximate surface area is 307 Å². The van der Waals surface area contributed by atoms with Gasteiger partial charge < -0.3 is 43.3 Å². The summed E-state index contributed by atoms with van der Waals surface area (Å²) in [5, 5.41) is 16.5. The minimum absolute atomic E-state index is 0.00233. The number of nitrogens with zero attached hydrogens (tertiary/aromatic N) is 2. The molecule has 5 rings (SSSR count). The first-order chi connectivity index (χ1) is 24.0. The molecule has 0 spiro atoms. The van der Waals surface area contributed by atoms with Crippen molar-refractivity contribution in [3.05, 3.63) is 29.3 Å². The first-order valence-electron chi connectivity index (χ1n) is 18.3. The average molecular weight is 737 g/mol. The third-order valence-electron chi connectivity index (χ3n) is 11.4. The lowest BCUT2D eigenvalue weighted by atomic mass is 9.75. The van der Waals surface area contributed by atoms with E-state index >= 15 is 0 Å². The Morgan fingerprint density at radius 2 is 1.78 bits per heavy atom. The van der Waals surface area contributed by atoms with E-state index in [2.05, 4.69) is 5.16 Å². The molecule has 12 nitrogen and oxygen atoms in total. The predicted octanol–water partition coefficient (Wildman–Crippen LogP) is 5.06. The lowest BCUT2D eigenvalue weighted by Gasteiger charge is -2.48. The van der Waals surface area contributed by atoms with Gasteiger partial charge in [0.1, 0.15) is 17.9 Å². The zero-order valence-electron chi connectivity index (χ0n) is 31.7. The van der Waals surface area contributed by atoms with Crippen LogP contribution >= 0.6 is 11.6 Å². The van der Waals surface area contributed by atoms with E-state index in [-0.39, 0.29) is 37.1 Å². The molecule has 1 N–H and O–H groups in total. The Hall–Kier alpha value is -2.16. The van der Waals surface area contributed by atoms with Crippen LogP contribution < -0.4 is 4.84 Å². The van der Waals surface area contributed by atoms with E-state index in [1.54, 1.807) is 38.1 Å². The molecule has 4 bridgehead atoms. The summed E-state index contributed by atoms with van der Waals surface area (Å²) in [4.78, 5) is 35.8. The largest absolute Gasteiger partial charge is 0.459 e. The fraction of sp³-hybridized carbons (Fsp3) is 0.763. The van der Waals surface area contributed by atoms with Crippen LogP contribution in [0.15, 0.2) is 29.4 Å². The van der Waals surface area contributed by atoms with Gasteiger partial charge in [0.15, 0.2) is 23.4 Å². The lowest BCUT2D eigenvalue weighted by Crippen LogP contribution is -2.59. The number of oxime groups is 1. The Kier molecular flexibility index (Phi) is 12.6. The lowest BCUT2D eigenvalue weighted by molar-refractivity contribution is -0.302. The van der Waals surface area contributed by atoms with Crippen LogP contribution in [0.5, 0.6) is 5.75 Å². The number of aliphatic hydroxyl groups excluding tert-OH is 1. The molecular weight excluding hydrogens is 680 g/mol. The number of benzene rings is 1. The molecule has 4 aliphatic rings. The Bertz CT molecular complexity index is 1430. The number of esters is 1. The minimum Gasteiger partial charge on any atom is -0.459 e. The number of fused-ring (bicyclic) bond motifs is 5. The van der Waals surface area contributed by atoms with Crippen molar-refractivity contribution in [3.8, 4) is 5.75 Å². The van der Waals surface area contributed by atoms with Gasteiger partial charge in [-0.1, -0.05) is 50.5 Å². The van der Waals surface area contributed by atoms with Gasteiger partial charge in [-0.25, -0.2) is 0 Å². The van der Waals surface area contributed by atoms with Gasteiger partial charge in [-0.05, 0) is 79.1 Å². The number of halogens is 1. The number of carbonyl (C=O) groups excluding carboxylic acids is 2. The highest BCUT2D eigenvalue weighted by atomic mass is 35.5. The van der Waals surface area contributed by atoms with Crippen molar-refractivity contribution >= 4 is 29.1 Å². The van der Waals surface area contributed by atoms with Crippen molar-refractivity contribution in [3.63, 3.8) is 0 Å². The second kappa shape index (κ2) is 16.1. The molecule has 4 aliphatic heterocycles. The Morgan fingerprint density at radius 3 is 2.45 bits per heavy atom. The zero-order valence-corrected chi connectivity index (χ0v) is 32.4. The maximum atomic E-state index is 14.1. The van der Waals surface area contributed by atoms with E-state index in [4.69, 9.17) is 44.9 Å². The van der Waals surface area contributed by atoms with Crippen LogP contribution in [-0.2, 0) is 38.0 Å². The molecule has 1 aromatic rings. The molecule has 13 heteroatoms. The van der Waals surface area contributed by atoms with E-state index in [9.17, 15) is 14.7 Å². The van der Waals surface area contributed by atoms with E-state index in [1.165, 1.54) is 0 Å². The van der Waals surface area contributed by atoms with Crippen LogP contribution in [0.1, 0.15) is 74.7 Å². The van der Waals surface area contributed by atoms with Crippen LogP contribution in [0.3, 0.4) is 0 Å². The molecule has 0 aliphatic carbocycles. The highest BCUT2D eigenvalue weighted by Crippen LogP contribution is 2.45. The molecule has 0 radical (unpaired) electrons. The molecule has 286 valence electrons. The average Bonchev–Trinajstić information content (AvgIpc) is 3.33. The number of cyclic esters (lactones) is 1. The van der Waals surface area contributed by atoms with E-state index < -0.39 is 71.7 Å². The van der Waals surface area contributed by atoms with Gasteiger partial charge in [0, 0.05) is 29.0 Å². The summed E-state index contributed by atoms with van der Waals surface area (Å²) in [5.74, 6) is -2.15. The van der Waals surface area contributed by atoms with Crippen molar-refractivity contribution in [2.45, 2.75) is 135 Å². The summed E-state index contributed by atoms with van der Waals surface area (Å²) in [6.45, 7) is 15.2. The molecule has 1 aromatic carbocycles. The number of aliphatic hydroxyl groups is 1. The van der Waals surface area contributed by atoms with Crippen molar-refractivity contribution in [2.24, 2.45) is 28.8 Å². The van der Waals surface area contributed by atoms with Gasteiger partial charge >= 0.3 is 5.97 Å². The second-order valence-corrected chi connectivity index (χ2v) is 16.2. The monoisotopic (exact) mass is 736 g/mol. The van der Waals surface area contributed by atoms with Gasteiger partial charge in [0.25, 0.3) is 0 Å². The highest BCUT2D eigenvalue weighted by Gasteiger charge is 2.58. The first-order valence-corrected chi connectivity index (χ1v) is 18.7. The summed E-state index contributed by atoms with van der Waals surface area (Å²) >= 11 is 6.18. The smallest absolute Gasteiger partial charge is 0.311 e. The summed E-state index contributed by atoms with van der Waals surface area (Å²) < 4.78 is 39.5. The number of ketones is 1. The number of carbonyl (C=O) groups is 2. The first kappa shape index (κ1) is 40.0. The molecule has 0 aromatic heterocycles. The highest BCUT2D eigenvalue weighted by molar-refractivity contribution is 6.30. The number of rotatable bonds is 6. The molecule has 51 heavy (non-hydrogen) atoms. The summed E-state index contributed by atoms with van der Waals surface area (Å²) in [6, 6.07) is 6.68. The predicted molar refractivity (Wildman–Crippen MR) is 191 cm³/mol. The molecule has 14 atom stereocenters. The Morgan fingerprint density at radius 1 is 1.06 bits per heavy atom. The third kappa shape index (κ3) is 8.33. The molecule has 4 saturated heterocycles. The van der Waals surface area contributed by atoms with Gasteiger partial charge in [-0.3, -0.25) is 9.59 Å². The van der Waals surface area contributed by atoms with Gasteiger partial charge in [-0.2, -0.15) is 0 Å². The summed E-state index contributed by atoms with van der Waals surface area (Å²) in [6.07, 6.45) is -3.57. The zero-order chi connectivity index (χ0) is 37.4. The van der Waals surface area contributed by atoms with Crippen LogP contribution in [0.4, 0.5) is 0 Å². The second-order valence-electron chi connectivity index (χ2n) is 15.7. The minimum atomic E-state index is -1.31. The SMILES string of the molecule is CC[C@H]1OC(=O)[C@H](C)[C@H]2OC/C(=N\Oc3cccc(Cl)c3)CO[C@@](C)(C[C@@H](C)C3OC1(C)C(=O)C3C)[C@H](O[C@@H]1O[C@H](C)C[C@H](N(C)C)[C@H]1O)[C@@H]2C. The number of hydrogen-bond acceptors (Lipinski definition) is 12. The van der Waals surface area contributed by atoms with Crippen molar-refractivity contribution in [2.75, 3.05) is 27.3 Å². The number of hydrogen-bond donors (Lipinski definition) is 1. The van der Waals surface area contributed by atoms with Crippen LogP contribution in [-0.4, -0.2) is 115 Å². The van der Waals surface area contributed by atoms with E-state index in [1.807, 2.05) is 60.5 Å². The molecule has 0 amide bonds. The number of Topliss-reactive ketones (excluding diaryl/α,β-unsaturated/α-hetero) is 1. The molecule has 4 heterocycles. The van der Waals surface area contributed by atoms with Gasteiger partial charge in [-0.15, -0.1) is 0 Å². The Balaban J connectivity index is 1.61. The maximum Gasteiger partial charge on any atom is 0.311 e. The molecular formula is C38H57ClN2O10. The standard InChI is InChI=1S/C38H57ClN2O10/c1-11-29-38(8)33(43)22(4)31(50-38)20(2)17-37(7)34(49-36-30(42)28(41(9)10)15-21(3)47-36)23(5)32(24(6)35(44)48-29)45-18-26(19-46-37)40-51-27-14-12-13-25(39)16-27/h12-14,16,20-24,28-32,34,36,42H,11,15,17-19H2,1-10H3/b40-26+/t20-,21-,22?,23-,24-,28+,29-,30-,31?,32+,34-,36+,37+,38?/m1/s1. The number of likely N-dealkylation sites (N-methyl/N-ethyl adjacent to an activating group) is 1. The van der Waals surface area contributed by atoms with E-state index in [0.717, 1.165) is 0 Å². The van der Waals surface area contributed by atoms with Crippen LogP contribution in [0.2, 0.25) is 5.02 Å². The quantitative estimate of drug-likeness (QED) is 0.311. The topological polar surface area (TPSA) is 135 Å². The number of ether oxygens (including phenoxy) is 6. The normalized spacial score (nSPS) is 43.4. The fourth-order valence-corrected chi connectivity index (χ4v) is 8.77. The van der Waals surface area contributed by atoms with Crippen molar-refractivity contribution in [1.29, 1.82) is 0 Å². The van der Waals surface area contributed by atoms with E-state index in [0.29, 0.717) is 35.7 Å². The third-order valence-corrected chi connectivity index (χ3v) is 11.6. The van der Waals surface area contributed by atoms with Crippen LogP contribution in [0, 0.1) is 23.7 Å².